The zero-order chi connectivity index (χ0) is 20.8. The van der Waals surface area contributed by atoms with Crippen molar-refractivity contribution in [3.05, 3.63) is 98.1 Å². The Bertz CT molecular complexity index is 1030. The first-order valence-electron chi connectivity index (χ1n) is 8.99. The maximum Gasteiger partial charge on any atom is 0.318 e. The van der Waals surface area contributed by atoms with Gasteiger partial charge in [-0.2, -0.15) is 0 Å². The number of hydrogen-bond donors (Lipinski definition) is 1. The highest BCUT2D eigenvalue weighted by Crippen LogP contribution is 2.34. The van der Waals surface area contributed by atoms with Crippen LogP contribution in [0.15, 0.2) is 66.7 Å². The van der Waals surface area contributed by atoms with Crippen LogP contribution in [0.25, 0.3) is 0 Å². The fourth-order valence-electron chi connectivity index (χ4n) is 2.85. The number of nitro groups is 2. The normalized spacial score (nSPS) is 10.4. The second-order valence-electron chi connectivity index (χ2n) is 6.28. The molecule has 3 aromatic carbocycles. The Kier molecular flexibility index (Phi) is 6.03. The van der Waals surface area contributed by atoms with Crippen molar-refractivity contribution in [3.8, 4) is 11.5 Å². The van der Waals surface area contributed by atoms with Gasteiger partial charge in [0.05, 0.1) is 15.9 Å². The van der Waals surface area contributed by atoms with Crippen LogP contribution in [0.3, 0.4) is 0 Å². The number of rotatable bonds is 8. The van der Waals surface area contributed by atoms with Crippen molar-refractivity contribution in [1.82, 2.24) is 0 Å². The van der Waals surface area contributed by atoms with Crippen LogP contribution in [0.4, 0.5) is 17.1 Å². The molecule has 8 nitrogen and oxygen atoms in total. The van der Waals surface area contributed by atoms with Crippen LogP contribution < -0.4 is 10.1 Å². The van der Waals surface area contributed by atoms with Crippen molar-refractivity contribution < 1.29 is 14.6 Å². The van der Waals surface area contributed by atoms with Crippen LogP contribution in [0, 0.1) is 20.2 Å². The van der Waals surface area contributed by atoms with Crippen LogP contribution >= 0.6 is 0 Å². The van der Waals surface area contributed by atoms with Gasteiger partial charge in [0.25, 0.3) is 5.69 Å². The number of anilines is 1. The summed E-state index contributed by atoms with van der Waals surface area (Å²) in [5.41, 5.74) is 2.51. The average Bonchev–Trinajstić information content (AvgIpc) is 2.73. The summed E-state index contributed by atoms with van der Waals surface area (Å²) in [5, 5.41) is 25.4. The smallest absolute Gasteiger partial charge is 0.318 e. The quantitative estimate of drug-likeness (QED) is 0.402. The van der Waals surface area contributed by atoms with Gasteiger partial charge in [-0.25, -0.2) is 0 Å². The lowest BCUT2D eigenvalue weighted by atomic mass is 10.1. The third-order valence-corrected chi connectivity index (χ3v) is 4.38. The summed E-state index contributed by atoms with van der Waals surface area (Å²) in [5.74, 6) is 0.350. The maximum atomic E-state index is 11.2. The van der Waals surface area contributed by atoms with E-state index in [0.29, 0.717) is 12.3 Å². The van der Waals surface area contributed by atoms with E-state index >= 15 is 0 Å². The number of aryl methyl sites for hydroxylation is 1. The topological polar surface area (TPSA) is 108 Å². The highest BCUT2D eigenvalue weighted by molar-refractivity contribution is 5.55. The van der Waals surface area contributed by atoms with Crippen LogP contribution in [0.1, 0.15) is 18.1 Å². The van der Waals surface area contributed by atoms with E-state index in [-0.39, 0.29) is 11.4 Å². The van der Waals surface area contributed by atoms with Gasteiger partial charge in [0.1, 0.15) is 5.75 Å². The minimum Gasteiger partial charge on any atom is -0.450 e. The van der Waals surface area contributed by atoms with E-state index in [4.69, 9.17) is 4.74 Å². The molecule has 0 bridgehead atoms. The highest BCUT2D eigenvalue weighted by atomic mass is 16.6. The fourth-order valence-corrected chi connectivity index (χ4v) is 2.85. The van der Waals surface area contributed by atoms with Gasteiger partial charge in [0.2, 0.25) is 5.75 Å². The van der Waals surface area contributed by atoms with Crippen molar-refractivity contribution in [1.29, 1.82) is 0 Å². The minimum absolute atomic E-state index is 0.0525. The Morgan fingerprint density at radius 2 is 1.66 bits per heavy atom. The predicted molar refractivity (Wildman–Crippen MR) is 109 cm³/mol. The highest BCUT2D eigenvalue weighted by Gasteiger charge is 2.21. The van der Waals surface area contributed by atoms with E-state index < -0.39 is 15.5 Å². The van der Waals surface area contributed by atoms with Gasteiger partial charge in [0, 0.05) is 18.3 Å². The maximum absolute atomic E-state index is 11.2. The Morgan fingerprint density at radius 3 is 2.31 bits per heavy atom. The largest absolute Gasteiger partial charge is 0.450 e. The molecule has 3 rings (SSSR count). The Balaban J connectivity index is 1.71. The third-order valence-electron chi connectivity index (χ3n) is 4.38. The molecule has 1 N–H and O–H groups in total. The standard InChI is InChI=1S/C21H19N3O5/c1-2-16-5-3-4-6-19(16)22-14-15-7-10-18(11-8-15)29-21-12-9-17(23(25)26)13-20(21)24(27)28/h3-13,22H,2,14H2,1H3. The van der Waals surface area contributed by atoms with E-state index in [1.165, 1.54) is 17.7 Å². The van der Waals surface area contributed by atoms with Gasteiger partial charge in [-0.1, -0.05) is 37.3 Å². The number of hydrogen-bond acceptors (Lipinski definition) is 6. The monoisotopic (exact) mass is 393 g/mol. The van der Waals surface area contributed by atoms with Crippen molar-refractivity contribution >= 4 is 17.1 Å². The van der Waals surface area contributed by atoms with Crippen LogP contribution in [0.2, 0.25) is 0 Å². The summed E-state index contributed by atoms with van der Waals surface area (Å²) in [4.78, 5) is 20.6. The van der Waals surface area contributed by atoms with E-state index in [2.05, 4.69) is 18.3 Å². The number of para-hydroxylation sites is 1. The van der Waals surface area contributed by atoms with E-state index in [9.17, 15) is 20.2 Å². The molecule has 0 saturated carbocycles. The van der Waals surface area contributed by atoms with E-state index in [1.54, 1.807) is 12.1 Å². The van der Waals surface area contributed by atoms with Gasteiger partial charge in [-0.3, -0.25) is 20.2 Å². The van der Waals surface area contributed by atoms with Gasteiger partial charge in [0.15, 0.2) is 0 Å². The molecular formula is C21H19N3O5. The number of nitrogens with zero attached hydrogens (tertiary/aromatic N) is 2. The summed E-state index contributed by atoms with van der Waals surface area (Å²) in [6, 6.07) is 18.5. The Hall–Kier alpha value is -3.94. The Morgan fingerprint density at radius 1 is 0.931 bits per heavy atom. The van der Waals surface area contributed by atoms with E-state index in [1.807, 2.05) is 30.3 Å². The van der Waals surface area contributed by atoms with Gasteiger partial charge < -0.3 is 10.1 Å². The summed E-state index contributed by atoms with van der Waals surface area (Å²) in [6.45, 7) is 2.72. The van der Waals surface area contributed by atoms with Crippen molar-refractivity contribution in [2.75, 3.05) is 5.32 Å². The molecule has 0 aromatic heterocycles. The molecule has 0 radical (unpaired) electrons. The molecule has 29 heavy (non-hydrogen) atoms. The first kappa shape index (κ1) is 19.8. The molecule has 0 saturated heterocycles. The first-order valence-corrected chi connectivity index (χ1v) is 8.99. The second kappa shape index (κ2) is 8.83. The van der Waals surface area contributed by atoms with Gasteiger partial charge in [-0.15, -0.1) is 0 Å². The predicted octanol–water partition coefficient (Wildman–Crippen LogP) is 5.47. The van der Waals surface area contributed by atoms with Crippen LogP contribution in [0.5, 0.6) is 11.5 Å². The summed E-state index contributed by atoms with van der Waals surface area (Å²) in [6.07, 6.45) is 0.934. The van der Waals surface area contributed by atoms with Gasteiger partial charge >= 0.3 is 5.69 Å². The molecule has 8 heteroatoms. The molecular weight excluding hydrogens is 374 g/mol. The first-order chi connectivity index (χ1) is 14.0. The molecule has 0 aliphatic heterocycles. The fraction of sp³-hybridized carbons (Fsp3) is 0.143. The second-order valence-corrected chi connectivity index (χ2v) is 6.28. The molecule has 0 amide bonds. The third kappa shape index (κ3) is 4.86. The lowest BCUT2D eigenvalue weighted by Gasteiger charge is -2.11. The molecule has 0 spiro atoms. The van der Waals surface area contributed by atoms with Gasteiger partial charge in [-0.05, 0) is 41.8 Å². The zero-order valence-electron chi connectivity index (χ0n) is 15.7. The molecule has 0 heterocycles. The molecule has 3 aromatic rings. The van der Waals surface area contributed by atoms with E-state index in [0.717, 1.165) is 23.7 Å². The van der Waals surface area contributed by atoms with Crippen molar-refractivity contribution in [2.24, 2.45) is 0 Å². The lowest BCUT2D eigenvalue weighted by molar-refractivity contribution is -0.394. The summed E-state index contributed by atoms with van der Waals surface area (Å²) in [7, 11) is 0. The van der Waals surface area contributed by atoms with Crippen molar-refractivity contribution in [2.45, 2.75) is 19.9 Å². The lowest BCUT2D eigenvalue weighted by Crippen LogP contribution is -2.02. The zero-order valence-corrected chi connectivity index (χ0v) is 15.7. The number of nitrogens with one attached hydrogen (secondary N) is 1. The summed E-state index contributed by atoms with van der Waals surface area (Å²) >= 11 is 0. The number of benzene rings is 3. The number of nitro benzene ring substituents is 2. The summed E-state index contributed by atoms with van der Waals surface area (Å²) < 4.78 is 5.58. The van der Waals surface area contributed by atoms with Crippen LogP contribution in [-0.2, 0) is 13.0 Å². The number of ether oxygens (including phenoxy) is 1. The van der Waals surface area contributed by atoms with Crippen molar-refractivity contribution in [3.63, 3.8) is 0 Å². The molecule has 148 valence electrons. The average molecular weight is 393 g/mol. The number of non-ortho nitro benzene ring substituents is 1. The minimum atomic E-state index is -0.703. The molecule has 0 unspecified atom stereocenters. The molecule has 0 atom stereocenters. The van der Waals surface area contributed by atoms with Crippen LogP contribution in [-0.4, -0.2) is 9.85 Å². The Labute approximate surface area is 167 Å². The SMILES string of the molecule is CCc1ccccc1NCc1ccc(Oc2ccc([N+](=O)[O-])cc2[N+](=O)[O-])cc1. The molecule has 0 aliphatic carbocycles. The molecule has 0 aliphatic rings. The molecule has 0 fully saturated rings.